The van der Waals surface area contributed by atoms with E-state index in [0.29, 0.717) is 19.0 Å². The molecule has 21 heavy (non-hydrogen) atoms. The molecule has 0 aliphatic rings. The summed E-state index contributed by atoms with van der Waals surface area (Å²) in [5, 5.41) is 10.6. The lowest BCUT2D eigenvalue weighted by Gasteiger charge is -2.25. The number of benzene rings is 1. The predicted octanol–water partition coefficient (Wildman–Crippen LogP) is 3.63. The first-order valence-electron chi connectivity index (χ1n) is 7.17. The lowest BCUT2D eigenvalue weighted by Crippen LogP contribution is -2.35. The van der Waals surface area contributed by atoms with E-state index in [4.69, 9.17) is 0 Å². The van der Waals surface area contributed by atoms with Crippen molar-refractivity contribution in [1.29, 1.82) is 0 Å². The van der Waals surface area contributed by atoms with Crippen LogP contribution in [-0.2, 0) is 0 Å². The van der Waals surface area contributed by atoms with Crippen LogP contribution < -0.4 is 0 Å². The van der Waals surface area contributed by atoms with Gasteiger partial charge in [-0.3, -0.25) is 14.9 Å². The highest BCUT2D eigenvalue weighted by molar-refractivity contribution is 5.94. The van der Waals surface area contributed by atoms with Gasteiger partial charge in [-0.25, -0.2) is 0 Å². The van der Waals surface area contributed by atoms with E-state index >= 15 is 0 Å². The summed E-state index contributed by atoms with van der Waals surface area (Å²) in [4.78, 5) is 23.8. The average Bonchev–Trinajstić information content (AvgIpc) is 2.47. The number of nitro benzene ring substituents is 1. The third kappa shape index (κ3) is 4.24. The standard InChI is InChI=1S/C15H21FN2O3/c1-4-11(5-2)10-17(6-3)15(19)12-7-8-14(18(20)21)13(16)9-12/h7-9,11H,4-6,10H2,1-3H3. The van der Waals surface area contributed by atoms with Gasteiger partial charge >= 0.3 is 5.69 Å². The van der Waals surface area contributed by atoms with Crippen molar-refractivity contribution in [3.63, 3.8) is 0 Å². The topological polar surface area (TPSA) is 63.5 Å². The number of hydrogen-bond donors (Lipinski definition) is 0. The minimum absolute atomic E-state index is 0.144. The molecule has 5 nitrogen and oxygen atoms in total. The maximum atomic E-state index is 13.6. The van der Waals surface area contributed by atoms with Crippen LogP contribution >= 0.6 is 0 Å². The molecule has 1 amide bonds. The number of nitrogens with zero attached hydrogens (tertiary/aromatic N) is 2. The Bertz CT molecular complexity index is 516. The minimum Gasteiger partial charge on any atom is -0.339 e. The van der Waals surface area contributed by atoms with Crippen molar-refractivity contribution in [2.75, 3.05) is 13.1 Å². The van der Waals surface area contributed by atoms with Crippen LogP contribution in [0.15, 0.2) is 18.2 Å². The van der Waals surface area contributed by atoms with E-state index in [1.165, 1.54) is 6.07 Å². The van der Waals surface area contributed by atoms with E-state index < -0.39 is 16.4 Å². The molecular weight excluding hydrogens is 275 g/mol. The largest absolute Gasteiger partial charge is 0.339 e. The van der Waals surface area contributed by atoms with Crippen molar-refractivity contribution >= 4 is 11.6 Å². The number of nitro groups is 1. The van der Waals surface area contributed by atoms with Crippen LogP contribution in [0.1, 0.15) is 44.0 Å². The van der Waals surface area contributed by atoms with E-state index in [1.807, 2.05) is 6.92 Å². The summed E-state index contributed by atoms with van der Waals surface area (Å²) in [6, 6.07) is 3.28. The fourth-order valence-electron chi connectivity index (χ4n) is 2.18. The molecule has 0 radical (unpaired) electrons. The fourth-order valence-corrected chi connectivity index (χ4v) is 2.18. The molecule has 0 saturated carbocycles. The summed E-state index contributed by atoms with van der Waals surface area (Å²) in [5.74, 6) is -0.876. The molecule has 1 aromatic carbocycles. The average molecular weight is 296 g/mol. The SMILES string of the molecule is CCC(CC)CN(CC)C(=O)c1ccc([N+](=O)[O-])c(F)c1. The zero-order chi connectivity index (χ0) is 16.0. The van der Waals surface area contributed by atoms with Gasteiger partial charge in [0.2, 0.25) is 5.82 Å². The predicted molar refractivity (Wildman–Crippen MR) is 78.7 cm³/mol. The monoisotopic (exact) mass is 296 g/mol. The van der Waals surface area contributed by atoms with E-state index in [1.54, 1.807) is 4.90 Å². The van der Waals surface area contributed by atoms with E-state index in [0.717, 1.165) is 25.0 Å². The van der Waals surface area contributed by atoms with E-state index in [9.17, 15) is 19.3 Å². The third-order valence-corrected chi connectivity index (χ3v) is 3.69. The van der Waals surface area contributed by atoms with Gasteiger partial charge in [-0.2, -0.15) is 4.39 Å². The Morgan fingerprint density at radius 1 is 1.33 bits per heavy atom. The molecule has 0 N–H and O–H groups in total. The second-order valence-corrected chi connectivity index (χ2v) is 4.95. The number of amides is 1. The Kier molecular flexibility index (Phi) is 6.27. The van der Waals surface area contributed by atoms with Gasteiger partial charge in [-0.05, 0) is 25.0 Å². The van der Waals surface area contributed by atoms with Crippen molar-refractivity contribution in [2.45, 2.75) is 33.6 Å². The summed E-state index contributed by atoms with van der Waals surface area (Å²) in [5.41, 5.74) is -0.472. The molecule has 6 heteroatoms. The molecule has 1 rings (SSSR count). The first kappa shape index (κ1) is 17.1. The molecule has 0 atom stereocenters. The summed E-state index contributed by atoms with van der Waals surface area (Å²) in [6.07, 6.45) is 1.93. The van der Waals surface area contributed by atoms with Gasteiger partial charge in [0.15, 0.2) is 0 Å². The minimum atomic E-state index is -0.982. The van der Waals surface area contributed by atoms with Crippen molar-refractivity contribution in [3.8, 4) is 0 Å². The van der Waals surface area contributed by atoms with Gasteiger partial charge in [-0.15, -0.1) is 0 Å². The first-order chi connectivity index (χ1) is 9.94. The van der Waals surface area contributed by atoms with Gasteiger partial charge in [0, 0.05) is 24.7 Å². The molecule has 0 saturated heterocycles. The van der Waals surface area contributed by atoms with Crippen LogP contribution in [0.5, 0.6) is 0 Å². The molecule has 116 valence electrons. The first-order valence-corrected chi connectivity index (χ1v) is 7.17. The van der Waals surface area contributed by atoms with Crippen LogP contribution in [0.4, 0.5) is 10.1 Å². The summed E-state index contributed by atoms with van der Waals surface area (Å²) in [7, 11) is 0. The van der Waals surface area contributed by atoms with Gasteiger partial charge in [0.25, 0.3) is 5.91 Å². The van der Waals surface area contributed by atoms with Crippen LogP contribution in [-0.4, -0.2) is 28.8 Å². The fraction of sp³-hybridized carbons (Fsp3) is 0.533. The van der Waals surface area contributed by atoms with Gasteiger partial charge in [0.05, 0.1) is 4.92 Å². The zero-order valence-electron chi connectivity index (χ0n) is 12.6. The van der Waals surface area contributed by atoms with Crippen molar-refractivity contribution in [3.05, 3.63) is 39.7 Å². The molecule has 1 aromatic rings. The lowest BCUT2D eigenvalue weighted by atomic mass is 10.0. The molecule has 0 aliphatic heterocycles. The second kappa shape index (κ2) is 7.71. The number of rotatable bonds is 7. The molecule has 0 aromatic heterocycles. The highest BCUT2D eigenvalue weighted by Gasteiger charge is 2.21. The maximum Gasteiger partial charge on any atom is 0.304 e. The summed E-state index contributed by atoms with van der Waals surface area (Å²) < 4.78 is 13.6. The van der Waals surface area contributed by atoms with Crippen molar-refractivity contribution < 1.29 is 14.1 Å². The van der Waals surface area contributed by atoms with Gasteiger partial charge in [0.1, 0.15) is 0 Å². The number of hydrogen-bond acceptors (Lipinski definition) is 3. The molecule has 0 heterocycles. The molecule has 0 aliphatic carbocycles. The Hall–Kier alpha value is -1.98. The molecular formula is C15H21FN2O3. The van der Waals surface area contributed by atoms with Gasteiger partial charge in [-0.1, -0.05) is 26.7 Å². The summed E-state index contributed by atoms with van der Waals surface area (Å²) >= 11 is 0. The lowest BCUT2D eigenvalue weighted by molar-refractivity contribution is -0.387. The highest BCUT2D eigenvalue weighted by Crippen LogP contribution is 2.20. The van der Waals surface area contributed by atoms with Gasteiger partial charge < -0.3 is 4.90 Å². The summed E-state index contributed by atoms with van der Waals surface area (Å²) in [6.45, 7) is 7.13. The van der Waals surface area contributed by atoms with Crippen LogP contribution in [0.25, 0.3) is 0 Å². The van der Waals surface area contributed by atoms with Crippen LogP contribution in [0.3, 0.4) is 0 Å². The van der Waals surface area contributed by atoms with E-state index in [2.05, 4.69) is 13.8 Å². The Balaban J connectivity index is 2.95. The van der Waals surface area contributed by atoms with Crippen LogP contribution in [0, 0.1) is 21.8 Å². The molecule has 0 unspecified atom stereocenters. The zero-order valence-corrected chi connectivity index (χ0v) is 12.6. The molecule has 0 fully saturated rings. The van der Waals surface area contributed by atoms with E-state index in [-0.39, 0.29) is 11.5 Å². The third-order valence-electron chi connectivity index (χ3n) is 3.69. The Morgan fingerprint density at radius 2 is 1.95 bits per heavy atom. The van der Waals surface area contributed by atoms with Crippen molar-refractivity contribution in [2.24, 2.45) is 5.92 Å². The Labute approximate surface area is 123 Å². The normalized spacial score (nSPS) is 10.7. The number of carbonyl (C=O) groups is 1. The molecule has 0 bridgehead atoms. The second-order valence-electron chi connectivity index (χ2n) is 4.95. The smallest absolute Gasteiger partial charge is 0.304 e. The maximum absolute atomic E-state index is 13.6. The quantitative estimate of drug-likeness (QED) is 0.570. The number of halogens is 1. The highest BCUT2D eigenvalue weighted by atomic mass is 19.1. The molecule has 0 spiro atoms. The van der Waals surface area contributed by atoms with Crippen LogP contribution in [0.2, 0.25) is 0 Å². The number of carbonyl (C=O) groups excluding carboxylic acids is 1. The Morgan fingerprint density at radius 3 is 2.38 bits per heavy atom. The van der Waals surface area contributed by atoms with Crippen molar-refractivity contribution in [1.82, 2.24) is 4.90 Å².